The van der Waals surface area contributed by atoms with Gasteiger partial charge in [0.25, 0.3) is 0 Å². The second-order valence-corrected chi connectivity index (χ2v) is 3.70. The molecule has 0 saturated heterocycles. The monoisotopic (exact) mass is 308 g/mol. The molecule has 0 heterocycles. The van der Waals surface area contributed by atoms with Crippen molar-refractivity contribution in [2.24, 2.45) is 0 Å². The van der Waals surface area contributed by atoms with E-state index in [-0.39, 0.29) is 6.07 Å². The minimum absolute atomic E-state index is 0.139. The smallest absolute Gasteiger partial charge is 0.420 e. The molecule has 0 spiro atoms. The zero-order valence-corrected chi connectivity index (χ0v) is 8.83. The van der Waals surface area contributed by atoms with Gasteiger partial charge in [-0.15, -0.1) is 0 Å². The Hall–Kier alpha value is -0.920. The molecule has 0 atom stereocenters. The van der Waals surface area contributed by atoms with Crippen molar-refractivity contribution < 1.29 is 31.4 Å². The third-order valence-electron chi connectivity index (χ3n) is 1.70. The molecule has 0 aliphatic rings. The van der Waals surface area contributed by atoms with Gasteiger partial charge >= 0.3 is 12.4 Å². The van der Waals surface area contributed by atoms with E-state index in [0.717, 1.165) is 0 Å². The highest BCUT2D eigenvalue weighted by Crippen LogP contribution is 2.43. The Kier molecular flexibility index (Phi) is 3.15. The van der Waals surface area contributed by atoms with Crippen LogP contribution in [0.4, 0.5) is 26.3 Å². The van der Waals surface area contributed by atoms with E-state index in [0.29, 0.717) is 6.07 Å². The van der Waals surface area contributed by atoms with Gasteiger partial charge in [0.2, 0.25) is 0 Å². The van der Waals surface area contributed by atoms with Crippen LogP contribution in [0.5, 0.6) is 5.75 Å². The van der Waals surface area contributed by atoms with E-state index in [4.69, 9.17) is 5.11 Å². The summed E-state index contributed by atoms with van der Waals surface area (Å²) in [4.78, 5) is 0. The minimum Gasteiger partial charge on any atom is -0.506 e. The predicted octanol–water partition coefficient (Wildman–Crippen LogP) is 4.19. The molecule has 1 aromatic rings. The normalized spacial score (nSPS) is 12.9. The molecule has 0 amide bonds. The first-order valence-electron chi connectivity index (χ1n) is 3.70. The number of aromatic hydroxyl groups is 1. The predicted molar refractivity (Wildman–Crippen MR) is 45.8 cm³/mol. The topological polar surface area (TPSA) is 20.2 Å². The third kappa shape index (κ3) is 2.60. The number of phenols is 1. The van der Waals surface area contributed by atoms with Gasteiger partial charge in [-0.2, -0.15) is 26.3 Å². The van der Waals surface area contributed by atoms with Crippen LogP contribution in [0.25, 0.3) is 0 Å². The number of hydrogen-bond donors (Lipinski definition) is 1. The molecule has 0 saturated carbocycles. The Balaban J connectivity index is 3.46. The summed E-state index contributed by atoms with van der Waals surface area (Å²) in [5.41, 5.74) is -3.21. The fourth-order valence-electron chi connectivity index (χ4n) is 0.979. The first-order valence-corrected chi connectivity index (χ1v) is 4.49. The lowest BCUT2D eigenvalue weighted by molar-refractivity contribution is -0.143. The lowest BCUT2D eigenvalue weighted by Gasteiger charge is -2.14. The van der Waals surface area contributed by atoms with Crippen molar-refractivity contribution in [1.29, 1.82) is 0 Å². The second-order valence-electron chi connectivity index (χ2n) is 2.85. The maximum Gasteiger partial charge on any atom is 0.420 e. The molecule has 0 aromatic heterocycles. The van der Waals surface area contributed by atoms with E-state index in [1.165, 1.54) is 0 Å². The van der Waals surface area contributed by atoms with Crippen molar-refractivity contribution in [3.05, 3.63) is 27.7 Å². The van der Waals surface area contributed by atoms with Gasteiger partial charge in [-0.25, -0.2) is 0 Å². The molecule has 8 heteroatoms. The maximum absolute atomic E-state index is 12.2. The highest BCUT2D eigenvalue weighted by molar-refractivity contribution is 9.10. The molecule has 0 fully saturated rings. The number of hydrogen-bond acceptors (Lipinski definition) is 1. The number of benzene rings is 1. The van der Waals surface area contributed by atoms with Gasteiger partial charge in [0.15, 0.2) is 0 Å². The van der Waals surface area contributed by atoms with Gasteiger partial charge < -0.3 is 5.11 Å². The van der Waals surface area contributed by atoms with Crippen molar-refractivity contribution in [3.8, 4) is 5.75 Å². The zero-order chi connectivity index (χ0) is 12.7. The first-order chi connectivity index (χ1) is 7.03. The van der Waals surface area contributed by atoms with E-state index in [1.54, 1.807) is 0 Å². The van der Waals surface area contributed by atoms with Crippen LogP contribution in [0.15, 0.2) is 16.6 Å². The van der Waals surface area contributed by atoms with Crippen molar-refractivity contribution in [1.82, 2.24) is 0 Å². The summed E-state index contributed by atoms with van der Waals surface area (Å²) < 4.78 is 72.7. The summed E-state index contributed by atoms with van der Waals surface area (Å²) in [6.45, 7) is 0. The van der Waals surface area contributed by atoms with Gasteiger partial charge in [-0.3, -0.25) is 0 Å². The van der Waals surface area contributed by atoms with Gasteiger partial charge in [0.1, 0.15) is 5.75 Å². The Morgan fingerprint density at radius 3 is 1.81 bits per heavy atom. The first kappa shape index (κ1) is 13.1. The van der Waals surface area contributed by atoms with Crippen LogP contribution in [-0.2, 0) is 12.4 Å². The molecule has 0 bridgehead atoms. The third-order valence-corrected chi connectivity index (χ3v) is 2.30. The molecule has 0 radical (unpaired) electrons. The van der Waals surface area contributed by atoms with Crippen LogP contribution < -0.4 is 0 Å². The second kappa shape index (κ2) is 3.83. The molecule has 90 valence electrons. The Bertz CT molecular complexity index is 408. The van der Waals surface area contributed by atoms with E-state index < -0.39 is 33.7 Å². The number of alkyl halides is 6. The van der Waals surface area contributed by atoms with Gasteiger partial charge in [0.05, 0.1) is 15.6 Å². The summed E-state index contributed by atoms with van der Waals surface area (Å²) in [7, 11) is 0. The number of halogens is 7. The van der Waals surface area contributed by atoms with Crippen LogP contribution in [0.3, 0.4) is 0 Å². The van der Waals surface area contributed by atoms with Crippen molar-refractivity contribution in [2.75, 3.05) is 0 Å². The van der Waals surface area contributed by atoms with Gasteiger partial charge in [-0.1, -0.05) is 0 Å². The van der Waals surface area contributed by atoms with Crippen LogP contribution in [0.2, 0.25) is 0 Å². The molecule has 16 heavy (non-hydrogen) atoms. The average molecular weight is 309 g/mol. The Labute approximate surface area is 93.8 Å². The molecule has 0 aliphatic heterocycles. The summed E-state index contributed by atoms with van der Waals surface area (Å²) in [6.07, 6.45) is -9.95. The Morgan fingerprint density at radius 2 is 1.44 bits per heavy atom. The molecule has 1 aromatic carbocycles. The van der Waals surface area contributed by atoms with Crippen LogP contribution in [0.1, 0.15) is 11.1 Å². The highest BCUT2D eigenvalue weighted by Gasteiger charge is 2.39. The van der Waals surface area contributed by atoms with Crippen molar-refractivity contribution >= 4 is 15.9 Å². The Morgan fingerprint density at radius 1 is 0.938 bits per heavy atom. The summed E-state index contributed by atoms with van der Waals surface area (Å²) in [6, 6.07) is 0.241. The maximum atomic E-state index is 12.2. The standard InChI is InChI=1S/C8H3BrF6O/c9-5-2-3(7(10,11)12)1-4(6(5)16)8(13,14)15/h1-2,16H. The summed E-state index contributed by atoms with van der Waals surface area (Å²) in [5.74, 6) is -1.26. The number of phenolic OH excluding ortho intramolecular Hbond substituents is 1. The van der Waals surface area contributed by atoms with Crippen molar-refractivity contribution in [2.45, 2.75) is 12.4 Å². The molecule has 0 aliphatic carbocycles. The molecule has 0 unspecified atom stereocenters. The molecule has 1 rings (SSSR count). The summed E-state index contributed by atoms with van der Waals surface area (Å²) in [5, 5.41) is 8.99. The quantitative estimate of drug-likeness (QED) is 0.712. The largest absolute Gasteiger partial charge is 0.506 e. The van der Waals surface area contributed by atoms with Gasteiger partial charge in [0, 0.05) is 0 Å². The fourth-order valence-corrected chi connectivity index (χ4v) is 1.44. The van der Waals surface area contributed by atoms with Crippen LogP contribution in [0, 0.1) is 0 Å². The SMILES string of the molecule is Oc1c(Br)cc(C(F)(F)F)cc1C(F)(F)F. The van der Waals surface area contributed by atoms with E-state index in [2.05, 4.69) is 15.9 Å². The zero-order valence-electron chi connectivity index (χ0n) is 7.25. The fraction of sp³-hybridized carbons (Fsp3) is 0.250. The summed E-state index contributed by atoms with van der Waals surface area (Å²) >= 11 is 2.43. The minimum atomic E-state index is -5.05. The lowest BCUT2D eigenvalue weighted by atomic mass is 10.1. The number of rotatable bonds is 0. The highest BCUT2D eigenvalue weighted by atomic mass is 79.9. The lowest BCUT2D eigenvalue weighted by Crippen LogP contribution is -2.11. The molecular weight excluding hydrogens is 306 g/mol. The van der Waals surface area contributed by atoms with Crippen LogP contribution in [-0.4, -0.2) is 5.11 Å². The van der Waals surface area contributed by atoms with Crippen molar-refractivity contribution in [3.63, 3.8) is 0 Å². The average Bonchev–Trinajstić information content (AvgIpc) is 2.05. The molecular formula is C8H3BrF6O. The van der Waals surface area contributed by atoms with Crippen LogP contribution >= 0.6 is 15.9 Å². The molecule has 1 nitrogen and oxygen atoms in total. The van der Waals surface area contributed by atoms with Gasteiger partial charge in [-0.05, 0) is 28.1 Å². The van der Waals surface area contributed by atoms with E-state index in [9.17, 15) is 26.3 Å². The van der Waals surface area contributed by atoms with E-state index in [1.807, 2.05) is 0 Å². The van der Waals surface area contributed by atoms with E-state index >= 15 is 0 Å². The molecule has 1 N–H and O–H groups in total.